The van der Waals surface area contributed by atoms with Crippen molar-refractivity contribution >= 4 is 37.8 Å². The quantitative estimate of drug-likeness (QED) is 0.854. The third-order valence-electron chi connectivity index (χ3n) is 2.92. The van der Waals surface area contributed by atoms with Crippen molar-refractivity contribution in [2.24, 2.45) is 0 Å². The highest BCUT2D eigenvalue weighted by atomic mass is 32.2. The first-order valence-corrected chi connectivity index (χ1v) is 9.53. The molecule has 2 aromatic heterocycles. The molecule has 108 valence electrons. The maximum absolute atomic E-state index is 12.2. The number of aryl methyl sites for hydroxylation is 1. The molecule has 1 fully saturated rings. The Kier molecular flexibility index (Phi) is 3.80. The lowest BCUT2D eigenvalue weighted by Crippen LogP contribution is -2.14. The summed E-state index contributed by atoms with van der Waals surface area (Å²) in [5, 5.41) is 7.27. The van der Waals surface area contributed by atoms with E-state index in [1.807, 2.05) is 12.3 Å². The summed E-state index contributed by atoms with van der Waals surface area (Å²) in [7, 11) is -3.52. The molecule has 0 amide bonds. The third kappa shape index (κ3) is 3.38. The van der Waals surface area contributed by atoms with Crippen molar-refractivity contribution < 1.29 is 8.42 Å². The minimum absolute atomic E-state index is 0.308. The maximum Gasteiger partial charge on any atom is 0.264 e. The van der Waals surface area contributed by atoms with Gasteiger partial charge in [0.05, 0.1) is 10.6 Å². The first kappa shape index (κ1) is 14.0. The normalized spacial score (nSPS) is 15.4. The molecule has 5 nitrogen and oxygen atoms in total. The van der Waals surface area contributed by atoms with Gasteiger partial charge in [0.25, 0.3) is 10.0 Å². The van der Waals surface area contributed by atoms with E-state index >= 15 is 0 Å². The highest BCUT2D eigenvalue weighted by molar-refractivity contribution is 7.93. The molecule has 0 spiro atoms. The van der Waals surface area contributed by atoms with Gasteiger partial charge < -0.3 is 5.32 Å². The number of thiazole rings is 1. The summed E-state index contributed by atoms with van der Waals surface area (Å²) in [4.78, 5) is 5.46. The second-order valence-corrected chi connectivity index (χ2v) is 8.34. The van der Waals surface area contributed by atoms with E-state index in [1.54, 1.807) is 11.4 Å². The number of nitrogens with one attached hydrogen (secondary N) is 2. The molecule has 3 rings (SSSR count). The van der Waals surface area contributed by atoms with E-state index in [0.29, 0.717) is 16.1 Å². The predicted molar refractivity (Wildman–Crippen MR) is 81.8 cm³/mol. The highest BCUT2D eigenvalue weighted by Crippen LogP contribution is 2.25. The SMILES string of the molecule is Cc1csc(NS(=O)(=O)c2csc(CNC3CC3)c2)n1. The number of hydrogen-bond donors (Lipinski definition) is 2. The molecule has 2 heterocycles. The summed E-state index contributed by atoms with van der Waals surface area (Å²) in [6.07, 6.45) is 2.45. The molecule has 0 bridgehead atoms. The van der Waals surface area contributed by atoms with Crippen LogP contribution in [0.15, 0.2) is 21.7 Å². The Labute approximate surface area is 126 Å². The summed E-state index contributed by atoms with van der Waals surface area (Å²) < 4.78 is 26.9. The third-order valence-corrected chi connectivity index (χ3v) is 6.33. The van der Waals surface area contributed by atoms with Crippen LogP contribution < -0.4 is 10.0 Å². The highest BCUT2D eigenvalue weighted by Gasteiger charge is 2.21. The van der Waals surface area contributed by atoms with Gasteiger partial charge >= 0.3 is 0 Å². The number of sulfonamides is 1. The van der Waals surface area contributed by atoms with Gasteiger partial charge in [-0.2, -0.15) is 0 Å². The summed E-state index contributed by atoms with van der Waals surface area (Å²) >= 11 is 2.75. The topological polar surface area (TPSA) is 71.1 Å². The van der Waals surface area contributed by atoms with Crippen LogP contribution >= 0.6 is 22.7 Å². The van der Waals surface area contributed by atoms with Crippen LogP contribution in [0.4, 0.5) is 5.13 Å². The molecule has 2 N–H and O–H groups in total. The van der Waals surface area contributed by atoms with Crippen LogP contribution in [-0.4, -0.2) is 19.4 Å². The summed E-state index contributed by atoms with van der Waals surface area (Å²) in [5.41, 5.74) is 0.812. The monoisotopic (exact) mass is 329 g/mol. The molecule has 1 saturated carbocycles. The number of hydrogen-bond acceptors (Lipinski definition) is 6. The van der Waals surface area contributed by atoms with E-state index in [0.717, 1.165) is 17.1 Å². The number of rotatable bonds is 6. The average molecular weight is 329 g/mol. The van der Waals surface area contributed by atoms with Crippen LogP contribution in [-0.2, 0) is 16.6 Å². The standard InChI is InChI=1S/C12H15N3O2S3/c1-8-6-19-12(14-8)15-20(16,17)11-4-10(18-7-11)5-13-9-2-3-9/h4,6-7,9,13H,2-3,5H2,1H3,(H,14,15). The van der Waals surface area contributed by atoms with Crippen LogP contribution in [0.3, 0.4) is 0 Å². The zero-order valence-electron chi connectivity index (χ0n) is 10.9. The summed E-state index contributed by atoms with van der Waals surface area (Å²) in [6, 6.07) is 2.34. The molecule has 0 unspecified atom stereocenters. The first-order chi connectivity index (χ1) is 9.53. The van der Waals surface area contributed by atoms with Gasteiger partial charge in [-0.3, -0.25) is 4.72 Å². The predicted octanol–water partition coefficient (Wildman–Crippen LogP) is 2.57. The molecule has 8 heteroatoms. The van der Waals surface area contributed by atoms with Crippen LogP contribution in [0.1, 0.15) is 23.4 Å². The van der Waals surface area contributed by atoms with Gasteiger partial charge in [0.2, 0.25) is 0 Å². The second kappa shape index (κ2) is 5.44. The molecule has 0 atom stereocenters. The van der Waals surface area contributed by atoms with Crippen molar-refractivity contribution in [1.29, 1.82) is 0 Å². The molecule has 2 aromatic rings. The fraction of sp³-hybridized carbons (Fsp3) is 0.417. The number of thiophene rings is 1. The molecule has 0 saturated heterocycles. The maximum atomic E-state index is 12.2. The Hall–Kier alpha value is -0.960. The number of nitrogens with zero attached hydrogens (tertiary/aromatic N) is 1. The Balaban J connectivity index is 1.69. The molecule has 0 aliphatic heterocycles. The fourth-order valence-electron chi connectivity index (χ4n) is 1.70. The Morgan fingerprint density at radius 3 is 2.80 bits per heavy atom. The zero-order chi connectivity index (χ0) is 14.2. The second-order valence-electron chi connectivity index (χ2n) is 4.80. The fourth-order valence-corrected chi connectivity index (χ4v) is 4.87. The molecule has 20 heavy (non-hydrogen) atoms. The van der Waals surface area contributed by atoms with E-state index < -0.39 is 10.0 Å². The van der Waals surface area contributed by atoms with Crippen LogP contribution in [0.2, 0.25) is 0 Å². The van der Waals surface area contributed by atoms with Gasteiger partial charge in [-0.25, -0.2) is 13.4 Å². The largest absolute Gasteiger partial charge is 0.309 e. The van der Waals surface area contributed by atoms with E-state index in [1.165, 1.54) is 35.5 Å². The molecule has 1 aliphatic rings. The molecular weight excluding hydrogens is 314 g/mol. The van der Waals surface area contributed by atoms with Crippen LogP contribution in [0, 0.1) is 6.92 Å². The Morgan fingerprint density at radius 1 is 1.35 bits per heavy atom. The van der Waals surface area contributed by atoms with Crippen molar-refractivity contribution in [1.82, 2.24) is 10.3 Å². The average Bonchev–Trinajstić information content (AvgIpc) is 2.93. The summed E-state index contributed by atoms with van der Waals surface area (Å²) in [6.45, 7) is 2.57. The Morgan fingerprint density at radius 2 is 2.15 bits per heavy atom. The summed E-state index contributed by atoms with van der Waals surface area (Å²) in [5.74, 6) is 0. The zero-order valence-corrected chi connectivity index (χ0v) is 13.4. The van der Waals surface area contributed by atoms with E-state index in [-0.39, 0.29) is 0 Å². The van der Waals surface area contributed by atoms with Gasteiger partial charge in [0, 0.05) is 28.2 Å². The van der Waals surface area contributed by atoms with E-state index in [9.17, 15) is 8.42 Å². The van der Waals surface area contributed by atoms with Crippen molar-refractivity contribution in [2.45, 2.75) is 37.2 Å². The van der Waals surface area contributed by atoms with Crippen molar-refractivity contribution in [3.05, 3.63) is 27.4 Å². The van der Waals surface area contributed by atoms with Crippen LogP contribution in [0.5, 0.6) is 0 Å². The van der Waals surface area contributed by atoms with Gasteiger partial charge in [-0.05, 0) is 25.8 Å². The van der Waals surface area contributed by atoms with Gasteiger partial charge in [-0.15, -0.1) is 22.7 Å². The number of anilines is 1. The van der Waals surface area contributed by atoms with Crippen LogP contribution in [0.25, 0.3) is 0 Å². The minimum atomic E-state index is -3.52. The molecular formula is C12H15N3O2S3. The lowest BCUT2D eigenvalue weighted by molar-refractivity contribution is 0.601. The minimum Gasteiger partial charge on any atom is -0.309 e. The van der Waals surface area contributed by atoms with Gasteiger partial charge in [0.1, 0.15) is 0 Å². The van der Waals surface area contributed by atoms with E-state index in [4.69, 9.17) is 0 Å². The number of aromatic nitrogens is 1. The lowest BCUT2D eigenvalue weighted by Gasteiger charge is -2.02. The van der Waals surface area contributed by atoms with Crippen molar-refractivity contribution in [2.75, 3.05) is 4.72 Å². The Bertz CT molecular complexity index is 701. The smallest absolute Gasteiger partial charge is 0.264 e. The lowest BCUT2D eigenvalue weighted by atomic mass is 10.4. The first-order valence-electron chi connectivity index (χ1n) is 6.29. The molecule has 0 aromatic carbocycles. The van der Waals surface area contributed by atoms with Gasteiger partial charge in [0.15, 0.2) is 5.13 Å². The van der Waals surface area contributed by atoms with Gasteiger partial charge in [-0.1, -0.05) is 0 Å². The van der Waals surface area contributed by atoms with Crippen molar-refractivity contribution in [3.8, 4) is 0 Å². The molecule has 1 aliphatic carbocycles. The van der Waals surface area contributed by atoms with E-state index in [2.05, 4.69) is 15.0 Å². The molecule has 0 radical (unpaired) electrons. The van der Waals surface area contributed by atoms with Crippen molar-refractivity contribution in [3.63, 3.8) is 0 Å².